The molecule has 1 aliphatic rings. The molecule has 1 saturated heterocycles. The molecule has 0 amide bonds. The topological polar surface area (TPSA) is 79.5 Å². The van der Waals surface area contributed by atoms with Gasteiger partial charge in [0.25, 0.3) is 0 Å². The van der Waals surface area contributed by atoms with E-state index in [2.05, 4.69) is 15.5 Å². The Kier molecular flexibility index (Phi) is 2.71. The molecule has 2 aromatic heterocycles. The van der Waals surface area contributed by atoms with Crippen LogP contribution in [0.5, 0.6) is 0 Å². The molecule has 94 valence electrons. The van der Waals surface area contributed by atoms with Crippen molar-refractivity contribution in [3.05, 3.63) is 29.7 Å². The van der Waals surface area contributed by atoms with Gasteiger partial charge in [-0.05, 0) is 37.6 Å². The Hall–Kier alpha value is -1.95. The van der Waals surface area contributed by atoms with E-state index < -0.39 is 5.97 Å². The molecule has 1 atom stereocenters. The van der Waals surface area contributed by atoms with E-state index in [1.807, 2.05) is 6.20 Å². The number of carboxylic acid groups (broad SMARTS) is 1. The summed E-state index contributed by atoms with van der Waals surface area (Å²) in [7, 11) is 0. The first kappa shape index (κ1) is 11.2. The number of hydrogen-bond acceptors (Lipinski definition) is 4. The van der Waals surface area contributed by atoms with Crippen LogP contribution in [0.2, 0.25) is 0 Å². The van der Waals surface area contributed by atoms with Crippen LogP contribution in [-0.2, 0) is 6.42 Å². The lowest BCUT2D eigenvalue weighted by atomic mass is 10.0. The van der Waals surface area contributed by atoms with Gasteiger partial charge in [-0.15, -0.1) is 10.2 Å². The molecule has 2 aromatic rings. The van der Waals surface area contributed by atoms with Gasteiger partial charge in [0.1, 0.15) is 11.4 Å². The summed E-state index contributed by atoms with van der Waals surface area (Å²) in [5, 5.41) is 20.5. The van der Waals surface area contributed by atoms with E-state index in [1.165, 1.54) is 0 Å². The number of pyridine rings is 1. The first-order valence-corrected chi connectivity index (χ1v) is 6.02. The van der Waals surface area contributed by atoms with Crippen LogP contribution in [-0.4, -0.2) is 38.8 Å². The van der Waals surface area contributed by atoms with E-state index >= 15 is 0 Å². The van der Waals surface area contributed by atoms with Gasteiger partial charge >= 0.3 is 5.97 Å². The molecule has 2 N–H and O–H groups in total. The fourth-order valence-electron chi connectivity index (χ4n) is 2.42. The third kappa shape index (κ3) is 1.84. The number of rotatable bonds is 3. The SMILES string of the molecule is O=C(O)c1cccn2c(CC3CCNC3)nnc12. The predicted octanol–water partition coefficient (Wildman–Crippen LogP) is 0.579. The van der Waals surface area contributed by atoms with Gasteiger partial charge in [-0.3, -0.25) is 4.40 Å². The Morgan fingerprint density at radius 2 is 2.44 bits per heavy atom. The minimum Gasteiger partial charge on any atom is -0.478 e. The van der Waals surface area contributed by atoms with E-state index in [-0.39, 0.29) is 5.56 Å². The monoisotopic (exact) mass is 246 g/mol. The molecule has 1 aliphatic heterocycles. The highest BCUT2D eigenvalue weighted by Gasteiger charge is 2.19. The quantitative estimate of drug-likeness (QED) is 0.828. The van der Waals surface area contributed by atoms with Crippen molar-refractivity contribution in [1.29, 1.82) is 0 Å². The summed E-state index contributed by atoms with van der Waals surface area (Å²) >= 11 is 0. The molecule has 0 aromatic carbocycles. The van der Waals surface area contributed by atoms with Crippen molar-refractivity contribution in [3.63, 3.8) is 0 Å². The lowest BCUT2D eigenvalue weighted by Gasteiger charge is -2.06. The molecule has 0 bridgehead atoms. The van der Waals surface area contributed by atoms with Crippen LogP contribution >= 0.6 is 0 Å². The highest BCUT2D eigenvalue weighted by atomic mass is 16.4. The maximum atomic E-state index is 11.1. The molecule has 18 heavy (non-hydrogen) atoms. The number of carboxylic acids is 1. The summed E-state index contributed by atoms with van der Waals surface area (Å²) in [6, 6.07) is 3.27. The third-order valence-electron chi connectivity index (χ3n) is 3.37. The Morgan fingerprint density at radius 1 is 1.56 bits per heavy atom. The molecule has 0 aliphatic carbocycles. The Morgan fingerprint density at radius 3 is 3.17 bits per heavy atom. The number of aromatic nitrogens is 3. The van der Waals surface area contributed by atoms with Gasteiger partial charge in [0.15, 0.2) is 5.65 Å². The Balaban J connectivity index is 1.98. The largest absolute Gasteiger partial charge is 0.478 e. The van der Waals surface area contributed by atoms with E-state index in [9.17, 15) is 4.79 Å². The zero-order valence-corrected chi connectivity index (χ0v) is 9.83. The molecular formula is C12H14N4O2. The number of nitrogens with zero attached hydrogens (tertiary/aromatic N) is 3. The maximum absolute atomic E-state index is 11.1. The molecule has 3 rings (SSSR count). The minimum absolute atomic E-state index is 0.195. The second-order valence-corrected chi connectivity index (χ2v) is 4.60. The molecule has 1 fully saturated rings. The summed E-state index contributed by atoms with van der Waals surface area (Å²) in [4.78, 5) is 11.1. The summed E-state index contributed by atoms with van der Waals surface area (Å²) in [5.41, 5.74) is 0.617. The fourth-order valence-corrected chi connectivity index (χ4v) is 2.42. The lowest BCUT2D eigenvalue weighted by Crippen LogP contribution is -2.12. The third-order valence-corrected chi connectivity index (χ3v) is 3.37. The number of carbonyl (C=O) groups is 1. The Labute approximate surface area is 104 Å². The van der Waals surface area contributed by atoms with Crippen molar-refractivity contribution >= 4 is 11.6 Å². The number of fused-ring (bicyclic) bond motifs is 1. The van der Waals surface area contributed by atoms with Crippen LogP contribution in [0.1, 0.15) is 22.6 Å². The van der Waals surface area contributed by atoms with Crippen LogP contribution < -0.4 is 5.32 Å². The molecule has 6 nitrogen and oxygen atoms in total. The highest BCUT2D eigenvalue weighted by Crippen LogP contribution is 2.16. The van der Waals surface area contributed by atoms with E-state index in [0.29, 0.717) is 11.6 Å². The van der Waals surface area contributed by atoms with Crippen LogP contribution in [0.25, 0.3) is 5.65 Å². The Bertz CT molecular complexity index is 587. The van der Waals surface area contributed by atoms with Crippen LogP contribution in [0.15, 0.2) is 18.3 Å². The standard InChI is InChI=1S/C12H14N4O2/c17-12(18)9-2-1-5-16-10(14-15-11(9)16)6-8-3-4-13-7-8/h1-2,5,8,13H,3-4,6-7H2,(H,17,18). The zero-order valence-electron chi connectivity index (χ0n) is 9.83. The second-order valence-electron chi connectivity index (χ2n) is 4.60. The lowest BCUT2D eigenvalue weighted by molar-refractivity contribution is 0.0698. The zero-order chi connectivity index (χ0) is 12.5. The number of hydrogen-bond donors (Lipinski definition) is 2. The predicted molar refractivity (Wildman–Crippen MR) is 64.6 cm³/mol. The average molecular weight is 246 g/mol. The van der Waals surface area contributed by atoms with Crippen LogP contribution in [0.3, 0.4) is 0 Å². The summed E-state index contributed by atoms with van der Waals surface area (Å²) in [5.74, 6) is 0.426. The van der Waals surface area contributed by atoms with Gasteiger partial charge in [0.2, 0.25) is 0 Å². The van der Waals surface area contributed by atoms with E-state index in [0.717, 1.165) is 31.8 Å². The molecule has 3 heterocycles. The van der Waals surface area contributed by atoms with Crippen molar-refractivity contribution in [2.45, 2.75) is 12.8 Å². The molecule has 0 radical (unpaired) electrons. The summed E-state index contributed by atoms with van der Waals surface area (Å²) in [6.45, 7) is 2.04. The van der Waals surface area contributed by atoms with E-state index in [4.69, 9.17) is 5.11 Å². The van der Waals surface area contributed by atoms with Crippen molar-refractivity contribution in [1.82, 2.24) is 19.9 Å². The van der Waals surface area contributed by atoms with Crippen molar-refractivity contribution in [3.8, 4) is 0 Å². The molecule has 6 heteroatoms. The minimum atomic E-state index is -0.970. The fraction of sp³-hybridized carbons (Fsp3) is 0.417. The van der Waals surface area contributed by atoms with Crippen molar-refractivity contribution in [2.75, 3.05) is 13.1 Å². The second kappa shape index (κ2) is 4.38. The number of nitrogens with one attached hydrogen (secondary N) is 1. The van der Waals surface area contributed by atoms with Gasteiger partial charge < -0.3 is 10.4 Å². The molecule has 1 unspecified atom stereocenters. The van der Waals surface area contributed by atoms with Gasteiger partial charge in [-0.25, -0.2) is 4.79 Å². The van der Waals surface area contributed by atoms with Gasteiger partial charge in [-0.2, -0.15) is 0 Å². The molecular weight excluding hydrogens is 232 g/mol. The summed E-state index contributed by atoms with van der Waals surface area (Å²) in [6.07, 6.45) is 3.78. The van der Waals surface area contributed by atoms with Crippen molar-refractivity contribution in [2.24, 2.45) is 5.92 Å². The van der Waals surface area contributed by atoms with Gasteiger partial charge in [0.05, 0.1) is 0 Å². The normalized spacial score (nSPS) is 19.4. The first-order chi connectivity index (χ1) is 8.75. The van der Waals surface area contributed by atoms with Gasteiger partial charge in [-0.1, -0.05) is 0 Å². The first-order valence-electron chi connectivity index (χ1n) is 6.02. The highest BCUT2D eigenvalue weighted by molar-refractivity contribution is 5.94. The maximum Gasteiger partial charge on any atom is 0.339 e. The average Bonchev–Trinajstić information content (AvgIpc) is 2.99. The van der Waals surface area contributed by atoms with Crippen LogP contribution in [0, 0.1) is 5.92 Å². The number of aromatic carboxylic acids is 1. The smallest absolute Gasteiger partial charge is 0.339 e. The van der Waals surface area contributed by atoms with Crippen molar-refractivity contribution < 1.29 is 9.90 Å². The van der Waals surface area contributed by atoms with Gasteiger partial charge in [0, 0.05) is 12.6 Å². The molecule has 0 spiro atoms. The van der Waals surface area contributed by atoms with E-state index in [1.54, 1.807) is 16.5 Å². The van der Waals surface area contributed by atoms with Crippen LogP contribution in [0.4, 0.5) is 0 Å². The molecule has 0 saturated carbocycles. The summed E-state index contributed by atoms with van der Waals surface area (Å²) < 4.78 is 1.78.